The average molecular weight is 436 g/mol. The van der Waals surface area contributed by atoms with Gasteiger partial charge in [0.1, 0.15) is 5.75 Å². The molecule has 3 amide bonds. The molecule has 2 aliphatic rings. The number of urea groups is 1. The minimum Gasteiger partial charge on any atom is -0.497 e. The fraction of sp³-hybridized carbons (Fsp3) is 0.462. The zero-order valence-corrected chi connectivity index (χ0v) is 18.8. The Kier molecular flexibility index (Phi) is 7.30. The molecule has 2 aromatic carbocycles. The molecule has 0 bridgehead atoms. The summed E-state index contributed by atoms with van der Waals surface area (Å²) in [6.07, 6.45) is 4.43. The van der Waals surface area contributed by atoms with Crippen LogP contribution in [0.2, 0.25) is 0 Å². The van der Waals surface area contributed by atoms with Crippen LogP contribution in [0.15, 0.2) is 54.6 Å². The number of methoxy groups -OCH3 is 1. The largest absolute Gasteiger partial charge is 0.497 e. The van der Waals surface area contributed by atoms with Gasteiger partial charge in [0.25, 0.3) is 0 Å². The van der Waals surface area contributed by atoms with Crippen LogP contribution >= 0.6 is 0 Å². The van der Waals surface area contributed by atoms with Crippen LogP contribution in [0.5, 0.6) is 5.75 Å². The second-order valence-corrected chi connectivity index (χ2v) is 8.90. The van der Waals surface area contributed by atoms with E-state index in [1.54, 1.807) is 7.11 Å². The van der Waals surface area contributed by atoms with E-state index in [9.17, 15) is 9.59 Å². The topological polar surface area (TPSA) is 70.7 Å². The van der Waals surface area contributed by atoms with E-state index in [-0.39, 0.29) is 18.0 Å². The van der Waals surface area contributed by atoms with Crippen LogP contribution in [-0.2, 0) is 11.3 Å². The van der Waals surface area contributed by atoms with Gasteiger partial charge in [-0.3, -0.25) is 4.79 Å². The molecule has 1 aliphatic heterocycles. The number of hydrogen-bond donors (Lipinski definition) is 2. The van der Waals surface area contributed by atoms with Gasteiger partial charge >= 0.3 is 6.03 Å². The zero-order valence-electron chi connectivity index (χ0n) is 18.8. The molecule has 2 N–H and O–H groups in total. The number of amides is 3. The predicted octanol–water partition coefficient (Wildman–Crippen LogP) is 4.07. The van der Waals surface area contributed by atoms with Gasteiger partial charge in [-0.15, -0.1) is 0 Å². The third-order valence-corrected chi connectivity index (χ3v) is 6.79. The maximum absolute atomic E-state index is 13.0. The number of benzene rings is 2. The summed E-state index contributed by atoms with van der Waals surface area (Å²) in [6.45, 7) is 2.15. The van der Waals surface area contributed by atoms with E-state index >= 15 is 0 Å². The Labute approximate surface area is 190 Å². The van der Waals surface area contributed by atoms with Gasteiger partial charge < -0.3 is 20.3 Å². The highest BCUT2D eigenvalue weighted by Gasteiger charge is 2.34. The highest BCUT2D eigenvalue weighted by molar-refractivity contribution is 5.79. The number of likely N-dealkylation sites (tertiary alicyclic amines) is 1. The van der Waals surface area contributed by atoms with E-state index in [0.29, 0.717) is 18.4 Å². The minimum atomic E-state index is -0.152. The third-order valence-electron chi connectivity index (χ3n) is 6.79. The summed E-state index contributed by atoms with van der Waals surface area (Å²) in [5.74, 6) is 1.64. The monoisotopic (exact) mass is 435 g/mol. The third kappa shape index (κ3) is 5.61. The molecule has 1 saturated heterocycles. The molecule has 0 aromatic heterocycles. The highest BCUT2D eigenvalue weighted by atomic mass is 16.5. The molecular weight excluding hydrogens is 402 g/mol. The summed E-state index contributed by atoms with van der Waals surface area (Å²) in [4.78, 5) is 27.4. The normalized spacial score (nSPS) is 22.9. The number of hydrogen-bond acceptors (Lipinski definition) is 3. The van der Waals surface area contributed by atoms with Gasteiger partial charge in [-0.2, -0.15) is 0 Å². The SMILES string of the molecule is COc1ccc(CNC(=O)NC2CCC(C(=O)N3CCC(c4ccccc4)C3)CC2)cc1. The summed E-state index contributed by atoms with van der Waals surface area (Å²) in [6, 6.07) is 18.1. The Hall–Kier alpha value is -3.02. The van der Waals surface area contributed by atoms with E-state index in [0.717, 1.165) is 56.5 Å². The quantitative estimate of drug-likeness (QED) is 0.719. The van der Waals surface area contributed by atoms with Gasteiger partial charge in [0.15, 0.2) is 0 Å². The van der Waals surface area contributed by atoms with Crippen LogP contribution in [0.1, 0.15) is 49.1 Å². The number of ether oxygens (including phenoxy) is 1. The molecule has 1 atom stereocenters. The zero-order chi connectivity index (χ0) is 22.3. The molecule has 1 saturated carbocycles. The molecule has 2 aromatic rings. The number of carbonyl (C=O) groups is 2. The van der Waals surface area contributed by atoms with Gasteiger partial charge in [0, 0.05) is 37.5 Å². The van der Waals surface area contributed by atoms with Crippen molar-refractivity contribution in [3.8, 4) is 5.75 Å². The molecule has 1 aliphatic carbocycles. The second-order valence-electron chi connectivity index (χ2n) is 8.90. The first-order valence-corrected chi connectivity index (χ1v) is 11.6. The molecule has 6 heteroatoms. The van der Waals surface area contributed by atoms with E-state index in [4.69, 9.17) is 4.74 Å². The first-order valence-electron chi connectivity index (χ1n) is 11.6. The van der Waals surface area contributed by atoms with Crippen LogP contribution in [0.3, 0.4) is 0 Å². The predicted molar refractivity (Wildman–Crippen MR) is 124 cm³/mol. The molecule has 32 heavy (non-hydrogen) atoms. The molecule has 1 unspecified atom stereocenters. The van der Waals surface area contributed by atoms with Crippen LogP contribution < -0.4 is 15.4 Å². The summed E-state index contributed by atoms with van der Waals surface area (Å²) in [7, 11) is 1.63. The summed E-state index contributed by atoms with van der Waals surface area (Å²) in [5.41, 5.74) is 2.35. The lowest BCUT2D eigenvalue weighted by molar-refractivity contribution is -0.135. The number of nitrogens with zero attached hydrogens (tertiary/aromatic N) is 1. The van der Waals surface area contributed by atoms with Crippen molar-refractivity contribution < 1.29 is 14.3 Å². The van der Waals surface area contributed by atoms with Crippen molar-refractivity contribution in [2.24, 2.45) is 5.92 Å². The summed E-state index contributed by atoms with van der Waals surface area (Å²) >= 11 is 0. The summed E-state index contributed by atoms with van der Waals surface area (Å²) < 4.78 is 5.15. The maximum Gasteiger partial charge on any atom is 0.315 e. The van der Waals surface area contributed by atoms with Gasteiger partial charge in [-0.1, -0.05) is 42.5 Å². The Morgan fingerprint density at radius 3 is 2.38 bits per heavy atom. The van der Waals surface area contributed by atoms with Gasteiger partial charge in [0.05, 0.1) is 7.11 Å². The standard InChI is InChI=1S/C26H33N3O3/c1-32-24-13-7-19(8-14-24)17-27-26(31)28-23-11-9-21(10-12-23)25(30)29-16-15-22(18-29)20-5-3-2-4-6-20/h2-8,13-14,21-23H,9-12,15-18H2,1H3,(H2,27,28,31). The smallest absolute Gasteiger partial charge is 0.315 e. The first kappa shape index (κ1) is 22.2. The van der Waals surface area contributed by atoms with Crippen molar-refractivity contribution in [3.05, 3.63) is 65.7 Å². The fourth-order valence-electron chi connectivity index (χ4n) is 4.86. The van der Waals surface area contributed by atoms with Crippen molar-refractivity contribution in [2.45, 2.75) is 50.6 Å². The van der Waals surface area contributed by atoms with Gasteiger partial charge in [-0.25, -0.2) is 4.79 Å². The van der Waals surface area contributed by atoms with Gasteiger partial charge in [0.2, 0.25) is 5.91 Å². The molecular formula is C26H33N3O3. The highest BCUT2D eigenvalue weighted by Crippen LogP contribution is 2.31. The molecule has 0 radical (unpaired) electrons. The van der Waals surface area contributed by atoms with Crippen LogP contribution in [0, 0.1) is 5.92 Å². The van der Waals surface area contributed by atoms with Crippen molar-refractivity contribution in [1.29, 1.82) is 0 Å². The van der Waals surface area contributed by atoms with Crippen molar-refractivity contribution in [2.75, 3.05) is 20.2 Å². The Morgan fingerprint density at radius 1 is 0.969 bits per heavy atom. The van der Waals surface area contributed by atoms with Gasteiger partial charge in [-0.05, 0) is 55.4 Å². The average Bonchev–Trinajstić information content (AvgIpc) is 3.34. The Bertz CT molecular complexity index is 892. The molecule has 0 spiro atoms. The number of nitrogens with one attached hydrogen (secondary N) is 2. The minimum absolute atomic E-state index is 0.0879. The van der Waals surface area contributed by atoms with Crippen LogP contribution in [0.25, 0.3) is 0 Å². The van der Waals surface area contributed by atoms with E-state index in [1.807, 2.05) is 30.3 Å². The van der Waals surface area contributed by atoms with Crippen molar-refractivity contribution in [3.63, 3.8) is 0 Å². The molecule has 6 nitrogen and oxygen atoms in total. The fourth-order valence-corrected chi connectivity index (χ4v) is 4.86. The lowest BCUT2D eigenvalue weighted by atomic mass is 9.85. The lowest BCUT2D eigenvalue weighted by Crippen LogP contribution is -2.45. The maximum atomic E-state index is 13.0. The second kappa shape index (κ2) is 10.5. The first-order chi connectivity index (χ1) is 15.6. The molecule has 2 fully saturated rings. The van der Waals surface area contributed by atoms with Crippen LogP contribution in [-0.4, -0.2) is 43.1 Å². The number of carbonyl (C=O) groups excluding carboxylic acids is 2. The van der Waals surface area contributed by atoms with Crippen molar-refractivity contribution >= 4 is 11.9 Å². The summed E-state index contributed by atoms with van der Waals surface area (Å²) in [5, 5.41) is 5.99. The van der Waals surface area contributed by atoms with E-state index in [1.165, 1.54) is 5.56 Å². The lowest BCUT2D eigenvalue weighted by Gasteiger charge is -2.31. The molecule has 4 rings (SSSR count). The molecule has 1 heterocycles. The van der Waals surface area contributed by atoms with E-state index in [2.05, 4.69) is 39.8 Å². The number of rotatable bonds is 6. The van der Waals surface area contributed by atoms with E-state index < -0.39 is 0 Å². The Morgan fingerprint density at radius 2 is 1.69 bits per heavy atom. The Balaban J connectivity index is 1.17. The van der Waals surface area contributed by atoms with Crippen molar-refractivity contribution in [1.82, 2.24) is 15.5 Å². The molecule has 170 valence electrons. The van der Waals surface area contributed by atoms with Crippen LogP contribution in [0.4, 0.5) is 4.79 Å².